The van der Waals surface area contributed by atoms with Crippen LogP contribution in [0.15, 0.2) is 42.6 Å². The van der Waals surface area contributed by atoms with Gasteiger partial charge in [-0.05, 0) is 35.2 Å². The summed E-state index contributed by atoms with van der Waals surface area (Å²) in [5.74, 6) is -1.03. The van der Waals surface area contributed by atoms with Crippen LogP contribution in [0.3, 0.4) is 0 Å². The van der Waals surface area contributed by atoms with Crippen molar-refractivity contribution >= 4 is 17.7 Å². The molecule has 1 N–H and O–H groups in total. The van der Waals surface area contributed by atoms with E-state index < -0.39 is 5.91 Å². The first-order chi connectivity index (χ1) is 12.3. The van der Waals surface area contributed by atoms with Gasteiger partial charge >= 0.3 is 0 Å². The summed E-state index contributed by atoms with van der Waals surface area (Å²) < 4.78 is 0. The lowest BCUT2D eigenvalue weighted by Gasteiger charge is -2.19. The molecule has 0 spiro atoms. The Hall–Kier alpha value is -3.02. The van der Waals surface area contributed by atoms with Crippen molar-refractivity contribution in [1.29, 1.82) is 0 Å². The summed E-state index contributed by atoms with van der Waals surface area (Å²) in [6, 6.07) is 10.6. The van der Waals surface area contributed by atoms with Crippen molar-refractivity contribution in [2.75, 3.05) is 13.1 Å². The summed E-state index contributed by atoms with van der Waals surface area (Å²) in [5, 5.41) is 2.75. The van der Waals surface area contributed by atoms with Gasteiger partial charge in [0.1, 0.15) is 5.69 Å². The Morgan fingerprint density at radius 3 is 2.38 bits per heavy atom. The number of fused-ring (bicyclic) bond motifs is 1. The number of imide groups is 1. The van der Waals surface area contributed by atoms with Gasteiger partial charge in [-0.25, -0.2) is 0 Å². The molecule has 0 unspecified atom stereocenters. The monoisotopic (exact) mass is 351 g/mol. The minimum atomic E-state index is -0.422. The minimum Gasteiger partial charge on any atom is -0.350 e. The van der Waals surface area contributed by atoms with Crippen molar-refractivity contribution in [2.24, 2.45) is 0 Å². The molecular weight excluding hydrogens is 330 g/mol. The van der Waals surface area contributed by atoms with Crippen LogP contribution in [-0.2, 0) is 5.41 Å². The van der Waals surface area contributed by atoms with Crippen molar-refractivity contribution in [3.8, 4) is 0 Å². The van der Waals surface area contributed by atoms with Crippen LogP contribution in [0, 0.1) is 0 Å². The molecule has 2 aromatic rings. The van der Waals surface area contributed by atoms with Crippen molar-refractivity contribution < 1.29 is 14.4 Å². The molecule has 6 nitrogen and oxygen atoms in total. The van der Waals surface area contributed by atoms with E-state index in [4.69, 9.17) is 0 Å². The largest absolute Gasteiger partial charge is 0.350 e. The number of rotatable bonds is 4. The van der Waals surface area contributed by atoms with E-state index in [1.807, 2.05) is 12.1 Å². The van der Waals surface area contributed by atoms with Gasteiger partial charge in [0.05, 0.1) is 5.56 Å². The van der Waals surface area contributed by atoms with E-state index in [9.17, 15) is 14.4 Å². The SMILES string of the molecule is CC(C)(C)c1ccc(C(=O)NCCN2C(=O)c3cccnc3C2=O)cc1. The van der Waals surface area contributed by atoms with Gasteiger partial charge in [-0.3, -0.25) is 24.3 Å². The second kappa shape index (κ2) is 6.71. The van der Waals surface area contributed by atoms with Crippen molar-refractivity contribution in [3.63, 3.8) is 0 Å². The second-order valence-electron chi connectivity index (χ2n) is 7.24. The van der Waals surface area contributed by atoms with Crippen molar-refractivity contribution in [3.05, 3.63) is 65.0 Å². The third kappa shape index (κ3) is 3.35. The van der Waals surface area contributed by atoms with Gasteiger partial charge in [0.2, 0.25) is 0 Å². The zero-order valence-corrected chi connectivity index (χ0v) is 15.1. The highest BCUT2D eigenvalue weighted by molar-refractivity contribution is 6.20. The van der Waals surface area contributed by atoms with Gasteiger partial charge in [-0.1, -0.05) is 32.9 Å². The number of benzene rings is 1. The van der Waals surface area contributed by atoms with Gasteiger partial charge in [0.15, 0.2) is 0 Å². The molecule has 6 heteroatoms. The molecule has 0 aliphatic carbocycles. The molecule has 0 bridgehead atoms. The molecule has 2 heterocycles. The smallest absolute Gasteiger partial charge is 0.280 e. The maximum atomic E-state index is 12.2. The lowest BCUT2D eigenvalue weighted by Crippen LogP contribution is -2.38. The van der Waals surface area contributed by atoms with Gasteiger partial charge in [0, 0.05) is 24.8 Å². The maximum absolute atomic E-state index is 12.2. The zero-order chi connectivity index (χ0) is 18.9. The van der Waals surface area contributed by atoms with Crippen LogP contribution >= 0.6 is 0 Å². The first-order valence-corrected chi connectivity index (χ1v) is 8.49. The molecule has 0 radical (unpaired) electrons. The molecule has 1 aliphatic rings. The number of carbonyl (C=O) groups is 3. The van der Waals surface area contributed by atoms with E-state index in [1.54, 1.807) is 24.3 Å². The Labute approximate surface area is 152 Å². The molecule has 26 heavy (non-hydrogen) atoms. The first-order valence-electron chi connectivity index (χ1n) is 8.49. The van der Waals surface area contributed by atoms with Crippen LogP contribution in [0.2, 0.25) is 0 Å². The van der Waals surface area contributed by atoms with E-state index in [0.29, 0.717) is 11.1 Å². The normalized spacial score (nSPS) is 13.7. The van der Waals surface area contributed by atoms with Gasteiger partial charge in [-0.15, -0.1) is 0 Å². The summed E-state index contributed by atoms with van der Waals surface area (Å²) in [7, 11) is 0. The van der Waals surface area contributed by atoms with Crippen LogP contribution in [-0.4, -0.2) is 40.7 Å². The van der Waals surface area contributed by atoms with Crippen LogP contribution in [0.25, 0.3) is 0 Å². The third-order valence-corrected chi connectivity index (χ3v) is 4.37. The standard InChI is InChI=1S/C20H21N3O3/c1-20(2,3)14-8-6-13(7-9-14)17(24)22-11-12-23-18(25)15-5-4-10-21-16(15)19(23)26/h4-10H,11-12H2,1-3H3,(H,22,24). The van der Waals surface area contributed by atoms with E-state index in [-0.39, 0.29) is 36.0 Å². The van der Waals surface area contributed by atoms with Gasteiger partial charge < -0.3 is 5.32 Å². The quantitative estimate of drug-likeness (QED) is 0.858. The summed E-state index contributed by atoms with van der Waals surface area (Å²) in [6.45, 7) is 6.63. The predicted octanol–water partition coefficient (Wildman–Crippen LogP) is 2.41. The molecule has 1 aromatic carbocycles. The maximum Gasteiger partial charge on any atom is 0.280 e. The number of nitrogens with zero attached hydrogens (tertiary/aromatic N) is 2. The summed E-state index contributed by atoms with van der Waals surface area (Å²) >= 11 is 0. The summed E-state index contributed by atoms with van der Waals surface area (Å²) in [4.78, 5) is 41.8. The molecule has 0 fully saturated rings. The highest BCUT2D eigenvalue weighted by Gasteiger charge is 2.36. The van der Waals surface area contributed by atoms with E-state index in [1.165, 1.54) is 6.20 Å². The lowest BCUT2D eigenvalue weighted by atomic mass is 9.87. The number of hydrogen-bond acceptors (Lipinski definition) is 4. The average molecular weight is 351 g/mol. The van der Waals surface area contributed by atoms with Crippen molar-refractivity contribution in [1.82, 2.24) is 15.2 Å². The molecule has 3 rings (SSSR count). The van der Waals surface area contributed by atoms with Crippen LogP contribution in [0.5, 0.6) is 0 Å². The van der Waals surface area contributed by atoms with Gasteiger partial charge in [0.25, 0.3) is 17.7 Å². The highest BCUT2D eigenvalue weighted by atomic mass is 16.2. The summed E-state index contributed by atoms with van der Waals surface area (Å²) in [5.41, 5.74) is 2.19. The van der Waals surface area contributed by atoms with E-state index in [2.05, 4.69) is 31.1 Å². The minimum absolute atomic E-state index is 0.0223. The summed E-state index contributed by atoms with van der Waals surface area (Å²) in [6.07, 6.45) is 1.48. The third-order valence-electron chi connectivity index (χ3n) is 4.37. The Balaban J connectivity index is 1.58. The average Bonchev–Trinajstić information content (AvgIpc) is 2.86. The van der Waals surface area contributed by atoms with E-state index in [0.717, 1.165) is 10.5 Å². The van der Waals surface area contributed by atoms with Crippen LogP contribution in [0.4, 0.5) is 0 Å². The molecular formula is C20H21N3O3. The molecule has 0 saturated carbocycles. The highest BCUT2D eigenvalue weighted by Crippen LogP contribution is 2.22. The Morgan fingerprint density at radius 2 is 1.77 bits per heavy atom. The topological polar surface area (TPSA) is 79.4 Å². The van der Waals surface area contributed by atoms with Gasteiger partial charge in [-0.2, -0.15) is 0 Å². The van der Waals surface area contributed by atoms with Crippen LogP contribution < -0.4 is 5.32 Å². The fourth-order valence-electron chi connectivity index (χ4n) is 2.82. The number of aromatic nitrogens is 1. The number of hydrogen-bond donors (Lipinski definition) is 1. The Bertz CT molecular complexity index is 832. The number of pyridine rings is 1. The molecule has 1 aromatic heterocycles. The number of carbonyl (C=O) groups excluding carboxylic acids is 3. The molecule has 134 valence electrons. The molecule has 1 aliphatic heterocycles. The van der Waals surface area contributed by atoms with Crippen molar-refractivity contribution in [2.45, 2.75) is 26.2 Å². The predicted molar refractivity (Wildman–Crippen MR) is 97.1 cm³/mol. The number of nitrogens with one attached hydrogen (secondary N) is 1. The molecule has 0 atom stereocenters. The Kier molecular flexibility index (Phi) is 4.59. The zero-order valence-electron chi connectivity index (χ0n) is 15.1. The van der Waals surface area contributed by atoms with E-state index >= 15 is 0 Å². The Morgan fingerprint density at radius 1 is 1.08 bits per heavy atom. The molecule has 0 saturated heterocycles. The first kappa shape index (κ1) is 17.8. The fraction of sp³-hybridized carbons (Fsp3) is 0.300. The second-order valence-corrected chi connectivity index (χ2v) is 7.24. The van der Waals surface area contributed by atoms with Crippen LogP contribution in [0.1, 0.15) is 57.5 Å². The molecule has 3 amide bonds. The fourth-order valence-corrected chi connectivity index (χ4v) is 2.82. The lowest BCUT2D eigenvalue weighted by molar-refractivity contribution is 0.0648. The number of amides is 3.